The number of hydrogen-bond donors (Lipinski definition) is 0. The highest BCUT2D eigenvalue weighted by atomic mass is 16.2. The zero-order chi connectivity index (χ0) is 20.0. The number of nitrogens with zero attached hydrogens (tertiary/aromatic N) is 4. The third-order valence-electron chi connectivity index (χ3n) is 5.95. The molecular formula is C24H24N4O. The zero-order valence-electron chi connectivity index (χ0n) is 16.8. The molecule has 1 aromatic heterocycles. The second-order valence-electron chi connectivity index (χ2n) is 7.82. The minimum absolute atomic E-state index is 0.105. The molecule has 146 valence electrons. The predicted octanol–water partition coefficient (Wildman–Crippen LogP) is 3.78. The maximum absolute atomic E-state index is 13.0. The predicted molar refractivity (Wildman–Crippen MR) is 117 cm³/mol. The molecule has 3 aromatic carbocycles. The smallest absolute Gasteiger partial charge is 0.254 e. The summed E-state index contributed by atoms with van der Waals surface area (Å²) in [5.74, 6) is 1.02. The average molecular weight is 384 g/mol. The summed E-state index contributed by atoms with van der Waals surface area (Å²) < 4.78 is 2.10. The number of aromatic nitrogens is 2. The van der Waals surface area contributed by atoms with Crippen LogP contribution in [0.5, 0.6) is 0 Å². The topological polar surface area (TPSA) is 41.4 Å². The molecule has 1 fully saturated rings. The van der Waals surface area contributed by atoms with Crippen molar-refractivity contribution in [2.24, 2.45) is 7.05 Å². The maximum Gasteiger partial charge on any atom is 0.254 e. The van der Waals surface area contributed by atoms with E-state index in [0.717, 1.165) is 54.2 Å². The molecular weight excluding hydrogens is 360 g/mol. The van der Waals surface area contributed by atoms with Crippen molar-refractivity contribution in [1.29, 1.82) is 0 Å². The first-order valence-corrected chi connectivity index (χ1v) is 10.0. The Morgan fingerprint density at radius 1 is 0.897 bits per heavy atom. The average Bonchev–Trinajstić information content (AvgIpc) is 3.09. The second kappa shape index (κ2) is 7.01. The minimum atomic E-state index is 0.105. The number of hydrogen-bond acceptors (Lipinski definition) is 3. The summed E-state index contributed by atoms with van der Waals surface area (Å²) in [6, 6.07) is 20.5. The van der Waals surface area contributed by atoms with Gasteiger partial charge in [0.25, 0.3) is 5.91 Å². The Balaban J connectivity index is 1.56. The van der Waals surface area contributed by atoms with Gasteiger partial charge in [-0.2, -0.15) is 0 Å². The van der Waals surface area contributed by atoms with E-state index in [9.17, 15) is 4.79 Å². The lowest BCUT2D eigenvalue weighted by Gasteiger charge is -2.32. The Hall–Kier alpha value is -3.18. The van der Waals surface area contributed by atoms with Crippen LogP contribution in [0.25, 0.3) is 33.2 Å². The fraction of sp³-hybridized carbons (Fsp3) is 0.250. The fourth-order valence-corrected chi connectivity index (χ4v) is 4.18. The monoisotopic (exact) mass is 384 g/mol. The molecule has 5 nitrogen and oxygen atoms in total. The van der Waals surface area contributed by atoms with Crippen molar-refractivity contribution in [2.45, 2.75) is 0 Å². The van der Waals surface area contributed by atoms with Gasteiger partial charge < -0.3 is 14.4 Å². The van der Waals surface area contributed by atoms with Gasteiger partial charge in [0.1, 0.15) is 5.82 Å². The van der Waals surface area contributed by atoms with E-state index < -0.39 is 0 Å². The summed E-state index contributed by atoms with van der Waals surface area (Å²) in [6.45, 7) is 3.40. The first-order chi connectivity index (χ1) is 14.1. The highest BCUT2D eigenvalue weighted by molar-refractivity contribution is 6.00. The van der Waals surface area contributed by atoms with Gasteiger partial charge in [-0.25, -0.2) is 4.98 Å². The normalized spacial score (nSPS) is 15.3. The number of rotatable bonds is 2. The standard InChI is InChI=1S/C24H24N4O/c1-26-12-14-28(15-13-26)24(29)18-10-11-21-22(16-18)27(2)23(25-21)20-9-5-7-17-6-3-4-8-19(17)20/h3-11,16H,12-15H2,1-2H3. The minimum Gasteiger partial charge on any atom is -0.336 e. The fourth-order valence-electron chi connectivity index (χ4n) is 4.18. The molecule has 1 amide bonds. The number of fused-ring (bicyclic) bond motifs is 2. The van der Waals surface area contributed by atoms with Crippen LogP contribution in [-0.4, -0.2) is 58.5 Å². The van der Waals surface area contributed by atoms with Crippen LogP contribution in [-0.2, 0) is 7.05 Å². The van der Waals surface area contributed by atoms with Gasteiger partial charge in [-0.3, -0.25) is 4.79 Å². The molecule has 1 aliphatic heterocycles. The van der Waals surface area contributed by atoms with Gasteiger partial charge in [0.2, 0.25) is 0 Å². The summed E-state index contributed by atoms with van der Waals surface area (Å²) in [5, 5.41) is 2.38. The molecule has 0 radical (unpaired) electrons. The largest absolute Gasteiger partial charge is 0.336 e. The van der Waals surface area contributed by atoms with E-state index in [-0.39, 0.29) is 5.91 Å². The number of piperazine rings is 1. The Morgan fingerprint density at radius 2 is 1.66 bits per heavy atom. The van der Waals surface area contributed by atoms with Crippen LogP contribution in [0.4, 0.5) is 0 Å². The van der Waals surface area contributed by atoms with E-state index >= 15 is 0 Å². The molecule has 4 aromatic rings. The number of carbonyl (C=O) groups excluding carboxylic acids is 1. The van der Waals surface area contributed by atoms with E-state index in [4.69, 9.17) is 4.98 Å². The van der Waals surface area contributed by atoms with Gasteiger partial charge in [-0.15, -0.1) is 0 Å². The lowest BCUT2D eigenvalue weighted by molar-refractivity contribution is 0.0664. The first-order valence-electron chi connectivity index (χ1n) is 10.0. The number of benzene rings is 3. The van der Waals surface area contributed by atoms with Crippen LogP contribution in [0.1, 0.15) is 10.4 Å². The quantitative estimate of drug-likeness (QED) is 0.528. The van der Waals surface area contributed by atoms with E-state index in [1.807, 2.05) is 30.1 Å². The van der Waals surface area contributed by atoms with E-state index in [2.05, 4.69) is 59.0 Å². The molecule has 0 aliphatic carbocycles. The highest BCUT2D eigenvalue weighted by Gasteiger charge is 2.21. The zero-order valence-corrected chi connectivity index (χ0v) is 16.8. The van der Waals surface area contributed by atoms with Crippen molar-refractivity contribution in [2.75, 3.05) is 33.2 Å². The van der Waals surface area contributed by atoms with Gasteiger partial charge in [0.15, 0.2) is 0 Å². The number of aryl methyl sites for hydroxylation is 1. The Bertz CT molecular complexity index is 1210. The molecule has 1 aliphatic rings. The number of imidazole rings is 1. The van der Waals surface area contributed by atoms with Crippen LogP contribution < -0.4 is 0 Å². The Morgan fingerprint density at radius 3 is 2.48 bits per heavy atom. The van der Waals surface area contributed by atoms with Crippen LogP contribution in [0.15, 0.2) is 60.7 Å². The lowest BCUT2D eigenvalue weighted by Crippen LogP contribution is -2.47. The van der Waals surface area contributed by atoms with Crippen LogP contribution in [0.2, 0.25) is 0 Å². The SMILES string of the molecule is CN1CCN(C(=O)c2ccc3nc(-c4cccc5ccccc45)n(C)c3c2)CC1. The molecule has 0 unspecified atom stereocenters. The third kappa shape index (κ3) is 3.08. The molecule has 29 heavy (non-hydrogen) atoms. The molecule has 1 saturated heterocycles. The van der Waals surface area contributed by atoms with E-state index in [0.29, 0.717) is 0 Å². The first kappa shape index (κ1) is 17.9. The van der Waals surface area contributed by atoms with Crippen molar-refractivity contribution >= 4 is 27.7 Å². The summed E-state index contributed by atoms with van der Waals surface area (Å²) >= 11 is 0. The number of carbonyl (C=O) groups is 1. The summed E-state index contributed by atoms with van der Waals surface area (Å²) in [6.07, 6.45) is 0. The van der Waals surface area contributed by atoms with Crippen molar-refractivity contribution in [3.8, 4) is 11.4 Å². The summed E-state index contributed by atoms with van der Waals surface area (Å²) in [7, 11) is 4.12. The van der Waals surface area contributed by atoms with E-state index in [1.165, 1.54) is 10.8 Å². The molecule has 5 rings (SSSR count). The highest BCUT2D eigenvalue weighted by Crippen LogP contribution is 2.30. The van der Waals surface area contributed by atoms with Crippen molar-refractivity contribution in [1.82, 2.24) is 19.4 Å². The van der Waals surface area contributed by atoms with Crippen molar-refractivity contribution in [3.63, 3.8) is 0 Å². The molecule has 0 N–H and O–H groups in total. The van der Waals surface area contributed by atoms with Crippen molar-refractivity contribution < 1.29 is 4.79 Å². The van der Waals surface area contributed by atoms with Crippen LogP contribution >= 0.6 is 0 Å². The summed E-state index contributed by atoms with van der Waals surface area (Å²) in [5.41, 5.74) is 3.72. The third-order valence-corrected chi connectivity index (χ3v) is 5.95. The number of amides is 1. The van der Waals surface area contributed by atoms with Gasteiger partial charge in [0, 0.05) is 44.4 Å². The molecule has 0 bridgehead atoms. The summed E-state index contributed by atoms with van der Waals surface area (Å²) in [4.78, 5) is 22.1. The van der Waals surface area contributed by atoms with Crippen molar-refractivity contribution in [3.05, 3.63) is 66.2 Å². The van der Waals surface area contributed by atoms with E-state index in [1.54, 1.807) is 0 Å². The Labute approximate surface area is 170 Å². The lowest BCUT2D eigenvalue weighted by atomic mass is 10.0. The Kier molecular flexibility index (Phi) is 4.32. The van der Waals surface area contributed by atoms with Gasteiger partial charge in [-0.05, 0) is 36.0 Å². The molecule has 5 heteroatoms. The van der Waals surface area contributed by atoms with Gasteiger partial charge >= 0.3 is 0 Å². The van der Waals surface area contributed by atoms with Crippen LogP contribution in [0.3, 0.4) is 0 Å². The number of likely N-dealkylation sites (N-methyl/N-ethyl adjacent to an activating group) is 1. The second-order valence-corrected chi connectivity index (χ2v) is 7.82. The maximum atomic E-state index is 13.0. The molecule has 0 spiro atoms. The van der Waals surface area contributed by atoms with Gasteiger partial charge in [0.05, 0.1) is 11.0 Å². The van der Waals surface area contributed by atoms with Gasteiger partial charge in [-0.1, -0.05) is 42.5 Å². The molecule has 2 heterocycles. The molecule has 0 atom stereocenters. The van der Waals surface area contributed by atoms with Crippen LogP contribution in [0, 0.1) is 0 Å². The molecule has 0 saturated carbocycles.